The van der Waals surface area contributed by atoms with E-state index >= 15 is 0 Å². The minimum Gasteiger partial charge on any atom is -0.489 e. The third-order valence-electron chi connectivity index (χ3n) is 5.38. The van der Waals surface area contributed by atoms with Crippen LogP contribution in [0.25, 0.3) is 0 Å². The molecule has 4 rings (SSSR count). The Bertz CT molecular complexity index is 1420. The normalized spacial score (nSPS) is 11.1. The van der Waals surface area contributed by atoms with Crippen molar-refractivity contribution in [3.63, 3.8) is 0 Å². The summed E-state index contributed by atoms with van der Waals surface area (Å²) < 4.78 is 33.8. The zero-order valence-electron chi connectivity index (χ0n) is 19.6. The first-order valence-electron chi connectivity index (χ1n) is 11.2. The Hall–Kier alpha value is -3.81. The lowest BCUT2D eigenvalue weighted by Gasteiger charge is -2.24. The zero-order valence-corrected chi connectivity index (χ0v) is 21.2. The fraction of sp³-hybridized carbons (Fsp3) is 0.107. The molecule has 0 spiro atoms. The minimum absolute atomic E-state index is 0.0841. The van der Waals surface area contributed by atoms with Crippen molar-refractivity contribution in [2.45, 2.75) is 18.4 Å². The molecule has 1 amide bonds. The average molecular weight is 521 g/mol. The second kappa shape index (κ2) is 11.3. The van der Waals surface area contributed by atoms with Crippen molar-refractivity contribution in [2.75, 3.05) is 16.2 Å². The van der Waals surface area contributed by atoms with Crippen molar-refractivity contribution in [1.82, 2.24) is 0 Å². The molecule has 0 bridgehead atoms. The monoisotopic (exact) mass is 520 g/mol. The standard InChI is InChI=1S/C28H25ClN2O4S/c1-21-10-16-27(17-11-21)36(33,34)31(25-9-5-8-23(29)18-25)19-28(32)30-24-12-14-26(15-13-24)35-20-22-6-3-2-4-7-22/h2-18H,19-20H2,1H3,(H,30,32). The molecule has 0 aliphatic rings. The van der Waals surface area contributed by atoms with Crippen molar-refractivity contribution in [2.24, 2.45) is 0 Å². The Balaban J connectivity index is 1.48. The van der Waals surface area contributed by atoms with Gasteiger partial charge in [-0.2, -0.15) is 0 Å². The van der Waals surface area contributed by atoms with Crippen LogP contribution in [0.15, 0.2) is 108 Å². The topological polar surface area (TPSA) is 75.7 Å². The Morgan fingerprint density at radius 2 is 1.58 bits per heavy atom. The summed E-state index contributed by atoms with van der Waals surface area (Å²) in [6.07, 6.45) is 0. The van der Waals surface area contributed by atoms with Gasteiger partial charge in [-0.1, -0.05) is 65.7 Å². The second-order valence-electron chi connectivity index (χ2n) is 8.15. The van der Waals surface area contributed by atoms with Crippen LogP contribution in [0.4, 0.5) is 11.4 Å². The molecule has 0 atom stereocenters. The molecule has 0 saturated carbocycles. The second-order valence-corrected chi connectivity index (χ2v) is 10.5. The van der Waals surface area contributed by atoms with Gasteiger partial charge >= 0.3 is 0 Å². The summed E-state index contributed by atoms with van der Waals surface area (Å²) in [5.74, 6) is 0.156. The van der Waals surface area contributed by atoms with Crippen LogP contribution in [0.1, 0.15) is 11.1 Å². The van der Waals surface area contributed by atoms with Gasteiger partial charge in [0.1, 0.15) is 18.9 Å². The maximum Gasteiger partial charge on any atom is 0.264 e. The van der Waals surface area contributed by atoms with E-state index < -0.39 is 22.5 Å². The first-order valence-corrected chi connectivity index (χ1v) is 13.0. The molecule has 0 aromatic heterocycles. The molecule has 6 nitrogen and oxygen atoms in total. The van der Waals surface area contributed by atoms with E-state index in [1.54, 1.807) is 54.6 Å². The third kappa shape index (κ3) is 6.44. The van der Waals surface area contributed by atoms with Crippen molar-refractivity contribution < 1.29 is 17.9 Å². The number of nitrogens with zero attached hydrogens (tertiary/aromatic N) is 1. The summed E-state index contributed by atoms with van der Waals surface area (Å²) >= 11 is 6.12. The lowest BCUT2D eigenvalue weighted by atomic mass is 10.2. The highest BCUT2D eigenvalue weighted by atomic mass is 35.5. The van der Waals surface area contributed by atoms with Crippen molar-refractivity contribution in [3.05, 3.63) is 119 Å². The predicted octanol–water partition coefficient (Wildman–Crippen LogP) is 6.06. The van der Waals surface area contributed by atoms with E-state index in [2.05, 4.69) is 5.32 Å². The molecule has 0 aliphatic carbocycles. The number of sulfonamides is 1. The van der Waals surface area contributed by atoms with Gasteiger partial charge in [0.05, 0.1) is 10.6 Å². The first kappa shape index (κ1) is 25.3. The molecular weight excluding hydrogens is 496 g/mol. The molecule has 0 heterocycles. The fourth-order valence-corrected chi connectivity index (χ4v) is 5.09. The molecule has 0 saturated heterocycles. The van der Waals surface area contributed by atoms with Crippen molar-refractivity contribution in [1.29, 1.82) is 0 Å². The van der Waals surface area contributed by atoms with E-state index in [1.165, 1.54) is 18.2 Å². The molecule has 4 aromatic rings. The Morgan fingerprint density at radius 1 is 0.889 bits per heavy atom. The fourth-order valence-electron chi connectivity index (χ4n) is 3.49. The summed E-state index contributed by atoms with van der Waals surface area (Å²) in [4.78, 5) is 13.0. The van der Waals surface area contributed by atoms with E-state index in [-0.39, 0.29) is 4.90 Å². The number of carbonyl (C=O) groups excluding carboxylic acids is 1. The number of anilines is 2. The van der Waals surface area contributed by atoms with E-state index in [4.69, 9.17) is 16.3 Å². The molecule has 0 radical (unpaired) electrons. The Labute approximate surface area is 216 Å². The van der Waals surface area contributed by atoms with Gasteiger partial charge in [0.25, 0.3) is 10.0 Å². The molecule has 4 aromatic carbocycles. The number of halogens is 1. The third-order valence-corrected chi connectivity index (χ3v) is 7.40. The number of carbonyl (C=O) groups is 1. The first-order chi connectivity index (χ1) is 17.3. The Morgan fingerprint density at radius 3 is 2.25 bits per heavy atom. The van der Waals surface area contributed by atoms with Gasteiger partial charge < -0.3 is 10.1 Å². The van der Waals surface area contributed by atoms with E-state index in [0.717, 1.165) is 15.4 Å². The number of aryl methyl sites for hydroxylation is 1. The smallest absolute Gasteiger partial charge is 0.264 e. The number of ether oxygens (including phenoxy) is 1. The Kier molecular flexibility index (Phi) is 7.93. The number of hydrogen-bond acceptors (Lipinski definition) is 4. The molecule has 8 heteroatoms. The van der Waals surface area contributed by atoms with E-state index in [0.29, 0.717) is 28.8 Å². The lowest BCUT2D eigenvalue weighted by molar-refractivity contribution is -0.114. The number of benzene rings is 4. The zero-order chi connectivity index (χ0) is 25.5. The SMILES string of the molecule is Cc1ccc(S(=O)(=O)N(CC(=O)Nc2ccc(OCc3ccccc3)cc2)c2cccc(Cl)c2)cc1. The van der Waals surface area contributed by atoms with Crippen LogP contribution in [0.5, 0.6) is 5.75 Å². The summed E-state index contributed by atoms with van der Waals surface area (Å²) in [6, 6.07) is 29.6. The summed E-state index contributed by atoms with van der Waals surface area (Å²) in [5.41, 5.74) is 2.79. The maximum atomic E-state index is 13.5. The summed E-state index contributed by atoms with van der Waals surface area (Å²) in [7, 11) is -4.02. The predicted molar refractivity (Wildman–Crippen MR) is 143 cm³/mol. The van der Waals surface area contributed by atoms with E-state index in [1.807, 2.05) is 37.3 Å². The molecule has 0 fully saturated rings. The minimum atomic E-state index is -4.02. The molecule has 0 aliphatic heterocycles. The van der Waals surface area contributed by atoms with E-state index in [9.17, 15) is 13.2 Å². The number of hydrogen-bond donors (Lipinski definition) is 1. The van der Waals surface area contributed by atoms with Gasteiger partial charge in [0, 0.05) is 10.7 Å². The van der Waals surface area contributed by atoms with Crippen LogP contribution in [-0.4, -0.2) is 20.9 Å². The van der Waals surface area contributed by atoms with Gasteiger partial charge in [-0.25, -0.2) is 8.42 Å². The lowest BCUT2D eigenvalue weighted by Crippen LogP contribution is -2.38. The van der Waals surface area contributed by atoms with Gasteiger partial charge in [0.2, 0.25) is 5.91 Å². The van der Waals surface area contributed by atoms with Crippen LogP contribution < -0.4 is 14.4 Å². The van der Waals surface area contributed by atoms with Gasteiger partial charge in [-0.15, -0.1) is 0 Å². The van der Waals surface area contributed by atoms with Crippen molar-refractivity contribution >= 4 is 38.9 Å². The highest BCUT2D eigenvalue weighted by Gasteiger charge is 2.27. The largest absolute Gasteiger partial charge is 0.489 e. The average Bonchev–Trinajstić information content (AvgIpc) is 2.88. The maximum absolute atomic E-state index is 13.5. The summed E-state index contributed by atoms with van der Waals surface area (Å²) in [5, 5.41) is 3.12. The van der Waals surface area contributed by atoms with Crippen LogP contribution in [0, 0.1) is 6.92 Å². The molecule has 36 heavy (non-hydrogen) atoms. The van der Waals surface area contributed by atoms with Gasteiger partial charge in [0.15, 0.2) is 0 Å². The molecule has 0 unspecified atom stereocenters. The number of amides is 1. The van der Waals surface area contributed by atoms with Gasteiger partial charge in [-0.05, 0) is 67.1 Å². The van der Waals surface area contributed by atoms with Crippen molar-refractivity contribution in [3.8, 4) is 5.75 Å². The molecule has 184 valence electrons. The quantitative estimate of drug-likeness (QED) is 0.291. The molecular formula is C28H25ClN2O4S. The van der Waals surface area contributed by atoms with Crippen LogP contribution in [0.2, 0.25) is 5.02 Å². The van der Waals surface area contributed by atoms with Crippen LogP contribution in [-0.2, 0) is 21.4 Å². The van der Waals surface area contributed by atoms with Crippen LogP contribution >= 0.6 is 11.6 Å². The number of rotatable bonds is 9. The number of nitrogens with one attached hydrogen (secondary N) is 1. The highest BCUT2D eigenvalue weighted by Crippen LogP contribution is 2.26. The highest BCUT2D eigenvalue weighted by molar-refractivity contribution is 7.92. The van der Waals surface area contributed by atoms with Gasteiger partial charge in [-0.3, -0.25) is 9.10 Å². The van der Waals surface area contributed by atoms with Crippen LogP contribution in [0.3, 0.4) is 0 Å². The molecule has 1 N–H and O–H groups in total. The summed E-state index contributed by atoms with van der Waals surface area (Å²) in [6.45, 7) is 1.87.